The van der Waals surface area contributed by atoms with E-state index in [1.807, 2.05) is 48.7 Å². The van der Waals surface area contributed by atoms with Gasteiger partial charge in [-0.2, -0.15) is 0 Å². The van der Waals surface area contributed by atoms with Gasteiger partial charge in [-0.25, -0.2) is 4.98 Å². The molecular weight excluding hydrogens is 448 g/mol. The minimum atomic E-state index is 0.0681. The Bertz CT molecular complexity index is 1240. The highest BCUT2D eigenvalue weighted by atomic mass is 16.5. The van der Waals surface area contributed by atoms with Gasteiger partial charge in [0.05, 0.1) is 25.6 Å². The lowest BCUT2D eigenvalue weighted by molar-refractivity contribution is 0.0491. The maximum Gasteiger partial charge on any atom is 0.259 e. The van der Waals surface area contributed by atoms with Crippen LogP contribution in [-0.4, -0.2) is 33.8 Å². The molecule has 190 valence electrons. The maximum atomic E-state index is 14.0. The molecule has 0 N–H and O–H groups in total. The Labute approximate surface area is 214 Å². The fourth-order valence-corrected chi connectivity index (χ4v) is 5.86. The number of nitrogens with zero attached hydrogens (tertiary/aromatic N) is 4. The van der Waals surface area contributed by atoms with Crippen LogP contribution >= 0.6 is 0 Å². The van der Waals surface area contributed by atoms with Crippen molar-refractivity contribution in [3.8, 4) is 5.75 Å². The molecule has 1 aliphatic carbocycles. The van der Waals surface area contributed by atoms with Crippen LogP contribution in [0.15, 0.2) is 59.4 Å². The van der Waals surface area contributed by atoms with Gasteiger partial charge in [0.25, 0.3) is 5.56 Å². The van der Waals surface area contributed by atoms with Crippen molar-refractivity contribution in [2.75, 3.05) is 18.2 Å². The standard InChI is InChI=1S/C30H38N4O2/c1-5-36-26-16-14-25(15-17-26)33-19-32(28-13-9-10-21(2)22(28)3)20-34-29(35)27(23(4)31-30(33)34)18-24-11-7-6-8-12-24/h6-8,11-12,14-17,21-22,28H,5,9-10,13,18-20H2,1-4H3. The molecule has 1 aromatic heterocycles. The van der Waals surface area contributed by atoms with E-state index in [2.05, 4.69) is 47.9 Å². The van der Waals surface area contributed by atoms with E-state index in [9.17, 15) is 4.79 Å². The number of hydrogen-bond acceptors (Lipinski definition) is 5. The Balaban J connectivity index is 1.57. The van der Waals surface area contributed by atoms with Crippen LogP contribution < -0.4 is 15.2 Å². The van der Waals surface area contributed by atoms with Crippen molar-refractivity contribution >= 4 is 11.6 Å². The summed E-state index contributed by atoms with van der Waals surface area (Å²) in [5, 5.41) is 0. The number of rotatable bonds is 6. The van der Waals surface area contributed by atoms with E-state index < -0.39 is 0 Å². The summed E-state index contributed by atoms with van der Waals surface area (Å²) in [5.41, 5.74) is 3.81. The first kappa shape index (κ1) is 24.6. The number of aromatic nitrogens is 2. The maximum absolute atomic E-state index is 14.0. The van der Waals surface area contributed by atoms with Crippen LogP contribution in [0.25, 0.3) is 0 Å². The van der Waals surface area contributed by atoms with Gasteiger partial charge in [-0.05, 0) is 61.9 Å². The molecule has 1 fully saturated rings. The average Bonchev–Trinajstić information content (AvgIpc) is 2.89. The molecule has 3 atom stereocenters. The summed E-state index contributed by atoms with van der Waals surface area (Å²) < 4.78 is 7.57. The Kier molecular flexibility index (Phi) is 7.15. The summed E-state index contributed by atoms with van der Waals surface area (Å²) in [5.74, 6) is 2.85. The molecule has 5 rings (SSSR count). The molecule has 3 aromatic rings. The Hall–Kier alpha value is -3.12. The average molecular weight is 487 g/mol. The van der Waals surface area contributed by atoms with Crippen LogP contribution in [0.1, 0.15) is 56.9 Å². The van der Waals surface area contributed by atoms with Crippen molar-refractivity contribution in [1.29, 1.82) is 0 Å². The third-order valence-corrected chi connectivity index (χ3v) is 8.15. The molecule has 0 radical (unpaired) electrons. The van der Waals surface area contributed by atoms with E-state index in [1.165, 1.54) is 19.3 Å². The normalized spacial score (nSPS) is 22.3. The number of aryl methyl sites for hydroxylation is 1. The van der Waals surface area contributed by atoms with Crippen LogP contribution in [0.3, 0.4) is 0 Å². The monoisotopic (exact) mass is 486 g/mol. The first-order chi connectivity index (χ1) is 17.5. The molecule has 2 aromatic carbocycles. The summed E-state index contributed by atoms with van der Waals surface area (Å²) in [7, 11) is 0. The number of anilines is 2. The van der Waals surface area contributed by atoms with Crippen LogP contribution in [0.5, 0.6) is 5.75 Å². The third kappa shape index (κ3) is 4.79. The predicted molar refractivity (Wildman–Crippen MR) is 145 cm³/mol. The Morgan fingerprint density at radius 3 is 2.47 bits per heavy atom. The molecule has 6 heteroatoms. The minimum Gasteiger partial charge on any atom is -0.494 e. The van der Waals surface area contributed by atoms with E-state index in [4.69, 9.17) is 9.72 Å². The first-order valence-corrected chi connectivity index (χ1v) is 13.3. The topological polar surface area (TPSA) is 50.6 Å². The van der Waals surface area contributed by atoms with Gasteiger partial charge in [0, 0.05) is 23.7 Å². The van der Waals surface area contributed by atoms with Gasteiger partial charge < -0.3 is 4.74 Å². The number of hydrogen-bond donors (Lipinski definition) is 0. The summed E-state index contributed by atoms with van der Waals surface area (Å²) in [6.07, 6.45) is 4.29. The fourth-order valence-electron chi connectivity index (χ4n) is 5.86. The molecule has 1 aliphatic heterocycles. The summed E-state index contributed by atoms with van der Waals surface area (Å²) in [6.45, 7) is 10.6. The molecule has 3 unspecified atom stereocenters. The molecule has 0 amide bonds. The molecule has 0 bridgehead atoms. The summed E-state index contributed by atoms with van der Waals surface area (Å²) >= 11 is 0. The molecule has 6 nitrogen and oxygen atoms in total. The lowest BCUT2D eigenvalue weighted by atomic mass is 9.77. The van der Waals surface area contributed by atoms with Gasteiger partial charge in [-0.15, -0.1) is 0 Å². The van der Waals surface area contributed by atoms with E-state index in [1.54, 1.807) is 0 Å². The van der Waals surface area contributed by atoms with Crippen molar-refractivity contribution in [3.63, 3.8) is 0 Å². The van der Waals surface area contributed by atoms with Crippen LogP contribution in [-0.2, 0) is 13.1 Å². The van der Waals surface area contributed by atoms with Crippen LogP contribution in [0.4, 0.5) is 11.6 Å². The second-order valence-electron chi connectivity index (χ2n) is 10.4. The quantitative estimate of drug-likeness (QED) is 0.445. The molecule has 36 heavy (non-hydrogen) atoms. The molecule has 2 heterocycles. The first-order valence-electron chi connectivity index (χ1n) is 13.3. The Morgan fingerprint density at radius 1 is 1.00 bits per heavy atom. The van der Waals surface area contributed by atoms with Crippen LogP contribution in [0.2, 0.25) is 0 Å². The predicted octanol–water partition coefficient (Wildman–Crippen LogP) is 5.73. The summed E-state index contributed by atoms with van der Waals surface area (Å²) in [6, 6.07) is 18.8. The molecule has 0 spiro atoms. The van der Waals surface area contributed by atoms with E-state index in [0.717, 1.165) is 40.9 Å². The fraction of sp³-hybridized carbons (Fsp3) is 0.467. The van der Waals surface area contributed by atoms with Crippen molar-refractivity contribution in [2.24, 2.45) is 11.8 Å². The Morgan fingerprint density at radius 2 is 1.75 bits per heavy atom. The smallest absolute Gasteiger partial charge is 0.259 e. The van der Waals surface area contributed by atoms with E-state index >= 15 is 0 Å². The lowest BCUT2D eigenvalue weighted by Gasteiger charge is -2.46. The third-order valence-electron chi connectivity index (χ3n) is 8.15. The number of fused-ring (bicyclic) bond motifs is 1. The van der Waals surface area contributed by atoms with E-state index in [-0.39, 0.29) is 5.56 Å². The number of benzene rings is 2. The van der Waals surface area contributed by atoms with Gasteiger partial charge in [-0.3, -0.25) is 19.2 Å². The molecule has 2 aliphatic rings. The molecule has 0 saturated heterocycles. The second-order valence-corrected chi connectivity index (χ2v) is 10.4. The highest BCUT2D eigenvalue weighted by Gasteiger charge is 2.36. The zero-order chi connectivity index (χ0) is 25.2. The van der Waals surface area contributed by atoms with Gasteiger partial charge in [0.15, 0.2) is 0 Å². The molecular formula is C30H38N4O2. The lowest BCUT2D eigenvalue weighted by Crippen LogP contribution is -2.54. The zero-order valence-corrected chi connectivity index (χ0v) is 22.0. The highest BCUT2D eigenvalue weighted by molar-refractivity contribution is 5.59. The van der Waals surface area contributed by atoms with Gasteiger partial charge >= 0.3 is 0 Å². The van der Waals surface area contributed by atoms with Crippen LogP contribution in [0, 0.1) is 18.8 Å². The largest absolute Gasteiger partial charge is 0.494 e. The van der Waals surface area contributed by atoms with Gasteiger partial charge in [-0.1, -0.05) is 57.0 Å². The van der Waals surface area contributed by atoms with Crippen molar-refractivity contribution in [3.05, 3.63) is 81.8 Å². The molecule has 1 saturated carbocycles. The van der Waals surface area contributed by atoms with E-state index in [0.29, 0.717) is 37.6 Å². The van der Waals surface area contributed by atoms with Crippen molar-refractivity contribution in [1.82, 2.24) is 14.5 Å². The summed E-state index contributed by atoms with van der Waals surface area (Å²) in [4.78, 5) is 23.7. The highest BCUT2D eigenvalue weighted by Crippen LogP contribution is 2.36. The van der Waals surface area contributed by atoms with Gasteiger partial charge in [0.2, 0.25) is 5.95 Å². The van der Waals surface area contributed by atoms with Crippen molar-refractivity contribution < 1.29 is 4.74 Å². The van der Waals surface area contributed by atoms with Gasteiger partial charge in [0.1, 0.15) is 5.75 Å². The second kappa shape index (κ2) is 10.5. The van der Waals surface area contributed by atoms with Crippen molar-refractivity contribution in [2.45, 2.75) is 66.1 Å². The minimum absolute atomic E-state index is 0.0681. The SMILES string of the molecule is CCOc1ccc(N2CN(C3CCCC(C)C3C)Cn3c2nc(C)c(Cc2ccccc2)c3=O)cc1. The zero-order valence-electron chi connectivity index (χ0n) is 22.0. The number of ether oxygens (including phenoxy) is 1.